The van der Waals surface area contributed by atoms with E-state index in [4.69, 9.17) is 10.2 Å². The number of piperazine rings is 1. The highest BCUT2D eigenvalue weighted by Crippen LogP contribution is 2.17. The van der Waals surface area contributed by atoms with Crippen LogP contribution in [-0.2, 0) is 14.4 Å². The minimum absolute atomic E-state index is 0.326. The Morgan fingerprint density at radius 3 is 2.58 bits per heavy atom. The van der Waals surface area contributed by atoms with Gasteiger partial charge in [0.1, 0.15) is 12.1 Å². The van der Waals surface area contributed by atoms with E-state index in [1.165, 1.54) is 13.8 Å². The van der Waals surface area contributed by atoms with Crippen LogP contribution in [0.15, 0.2) is 0 Å². The van der Waals surface area contributed by atoms with Crippen molar-refractivity contribution in [2.24, 2.45) is 0 Å². The Bertz CT molecular complexity index is 433. The van der Waals surface area contributed by atoms with E-state index in [-0.39, 0.29) is 6.54 Å². The van der Waals surface area contributed by atoms with Crippen molar-refractivity contribution in [3.8, 4) is 0 Å². The van der Waals surface area contributed by atoms with E-state index in [0.29, 0.717) is 0 Å². The molecule has 1 atom stereocenters. The zero-order chi connectivity index (χ0) is 14.8. The Morgan fingerprint density at radius 2 is 2.05 bits per heavy atom. The molecule has 4 amide bonds. The second-order valence-electron chi connectivity index (χ2n) is 4.56. The summed E-state index contributed by atoms with van der Waals surface area (Å²) in [5.74, 6) is -2.73. The van der Waals surface area contributed by atoms with Crippen LogP contribution in [0, 0.1) is 0 Å². The Labute approximate surface area is 108 Å². The van der Waals surface area contributed by atoms with Crippen LogP contribution < -0.4 is 10.6 Å². The van der Waals surface area contributed by atoms with Gasteiger partial charge in [-0.2, -0.15) is 0 Å². The number of carboxylic acid groups (broad SMARTS) is 1. The summed E-state index contributed by atoms with van der Waals surface area (Å²) in [5.41, 5.74) is -1.24. The van der Waals surface area contributed by atoms with Crippen molar-refractivity contribution in [2.75, 3.05) is 13.1 Å². The Kier molecular flexibility index (Phi) is 4.10. The Hall–Kier alpha value is -2.16. The van der Waals surface area contributed by atoms with Crippen LogP contribution in [0.3, 0.4) is 0 Å². The first kappa shape index (κ1) is 14.9. The van der Waals surface area contributed by atoms with Crippen LogP contribution in [0.1, 0.15) is 13.8 Å². The van der Waals surface area contributed by atoms with Gasteiger partial charge >= 0.3 is 12.0 Å². The first-order valence-electron chi connectivity index (χ1n) is 5.47. The second kappa shape index (κ2) is 5.22. The summed E-state index contributed by atoms with van der Waals surface area (Å²) in [4.78, 5) is 46.0. The molecule has 0 aromatic rings. The number of hydrogen-bond acceptors (Lipinski definition) is 5. The van der Waals surface area contributed by atoms with Crippen molar-refractivity contribution in [3.63, 3.8) is 0 Å². The number of carbonyl (C=O) groups excluding carboxylic acids is 3. The molecular formula is C10H15N3O6. The lowest BCUT2D eigenvalue weighted by Gasteiger charge is -2.39. The van der Waals surface area contributed by atoms with Crippen LogP contribution in [0.25, 0.3) is 0 Å². The minimum atomic E-state index is -1.75. The van der Waals surface area contributed by atoms with Crippen LogP contribution in [0.5, 0.6) is 0 Å². The molecule has 9 heteroatoms. The van der Waals surface area contributed by atoms with E-state index in [9.17, 15) is 19.2 Å². The predicted octanol–water partition coefficient (Wildman–Crippen LogP) is -2.12. The molecule has 9 nitrogen and oxygen atoms in total. The van der Waals surface area contributed by atoms with Gasteiger partial charge in [0.15, 0.2) is 6.10 Å². The summed E-state index contributed by atoms with van der Waals surface area (Å²) in [5, 5.41) is 21.7. The standard InChI is InChI=1S/C10H15N3O6/c1-10(2)8(18)12-6(15)4-13(10)9(19)11-3-5(14)7(16)17/h5,14H,3-4H2,1-2H3,(H,11,19)(H,16,17)(H,12,15,18). The van der Waals surface area contributed by atoms with E-state index < -0.39 is 42.0 Å². The normalized spacial score (nSPS) is 19.6. The molecule has 0 spiro atoms. The zero-order valence-electron chi connectivity index (χ0n) is 10.5. The van der Waals surface area contributed by atoms with Crippen LogP contribution in [0.2, 0.25) is 0 Å². The topological polar surface area (TPSA) is 136 Å². The average Bonchev–Trinajstić information content (AvgIpc) is 2.30. The molecule has 0 aliphatic carbocycles. The lowest BCUT2D eigenvalue weighted by molar-refractivity contribution is -0.146. The van der Waals surface area contributed by atoms with Gasteiger partial charge in [-0.05, 0) is 13.8 Å². The molecule has 106 valence electrons. The molecule has 1 saturated heterocycles. The summed E-state index contributed by atoms with van der Waals surface area (Å²) in [6, 6.07) is -0.798. The van der Waals surface area contributed by atoms with Crippen molar-refractivity contribution in [3.05, 3.63) is 0 Å². The smallest absolute Gasteiger partial charge is 0.334 e. The molecular weight excluding hydrogens is 258 g/mol. The van der Waals surface area contributed by atoms with Gasteiger partial charge in [-0.25, -0.2) is 9.59 Å². The van der Waals surface area contributed by atoms with Gasteiger partial charge < -0.3 is 20.4 Å². The van der Waals surface area contributed by atoms with Crippen LogP contribution >= 0.6 is 0 Å². The number of urea groups is 1. The first-order chi connectivity index (χ1) is 8.66. The molecule has 1 aliphatic heterocycles. The van der Waals surface area contributed by atoms with Gasteiger partial charge in [-0.1, -0.05) is 0 Å². The SMILES string of the molecule is CC1(C)C(=O)NC(=O)CN1C(=O)NCC(O)C(=O)O. The molecule has 0 aromatic carbocycles. The number of amides is 4. The van der Waals surface area contributed by atoms with Crippen LogP contribution in [-0.4, -0.2) is 63.7 Å². The monoisotopic (exact) mass is 273 g/mol. The van der Waals surface area contributed by atoms with Gasteiger partial charge in [-0.3, -0.25) is 14.9 Å². The largest absolute Gasteiger partial charge is 0.479 e. The van der Waals surface area contributed by atoms with Crippen molar-refractivity contribution in [2.45, 2.75) is 25.5 Å². The first-order valence-corrected chi connectivity index (χ1v) is 5.47. The third-order valence-corrected chi connectivity index (χ3v) is 2.76. The fourth-order valence-electron chi connectivity index (χ4n) is 1.48. The fraction of sp³-hybridized carbons (Fsp3) is 0.600. The highest BCUT2D eigenvalue weighted by molar-refractivity contribution is 6.06. The third-order valence-electron chi connectivity index (χ3n) is 2.76. The van der Waals surface area contributed by atoms with E-state index in [1.54, 1.807) is 0 Å². The van der Waals surface area contributed by atoms with E-state index in [0.717, 1.165) is 4.90 Å². The maximum atomic E-state index is 11.8. The summed E-state index contributed by atoms with van der Waals surface area (Å²) in [6.45, 7) is 2.05. The highest BCUT2D eigenvalue weighted by atomic mass is 16.4. The van der Waals surface area contributed by atoms with Crippen molar-refractivity contribution >= 4 is 23.8 Å². The van der Waals surface area contributed by atoms with Crippen LogP contribution in [0.4, 0.5) is 4.79 Å². The quantitative estimate of drug-likeness (QED) is 0.434. The van der Waals surface area contributed by atoms with Crippen molar-refractivity contribution < 1.29 is 29.4 Å². The molecule has 1 rings (SSSR count). The molecule has 1 fully saturated rings. The summed E-state index contributed by atoms with van der Waals surface area (Å²) in [6.07, 6.45) is -1.75. The van der Waals surface area contributed by atoms with Gasteiger partial charge in [0, 0.05) is 0 Å². The maximum absolute atomic E-state index is 11.8. The molecule has 19 heavy (non-hydrogen) atoms. The number of hydrogen-bond donors (Lipinski definition) is 4. The molecule has 0 saturated carbocycles. The summed E-state index contributed by atoms with van der Waals surface area (Å²) < 4.78 is 0. The minimum Gasteiger partial charge on any atom is -0.479 e. The molecule has 0 bridgehead atoms. The van der Waals surface area contributed by atoms with Gasteiger partial charge in [0.05, 0.1) is 6.54 Å². The van der Waals surface area contributed by atoms with E-state index in [2.05, 4.69) is 10.6 Å². The number of aliphatic hydroxyl groups excluding tert-OH is 1. The number of carboxylic acids is 1. The zero-order valence-corrected chi connectivity index (χ0v) is 10.5. The summed E-state index contributed by atoms with van der Waals surface area (Å²) in [7, 11) is 0. The summed E-state index contributed by atoms with van der Waals surface area (Å²) >= 11 is 0. The highest BCUT2D eigenvalue weighted by Gasteiger charge is 2.43. The third kappa shape index (κ3) is 3.19. The van der Waals surface area contributed by atoms with Gasteiger partial charge in [-0.15, -0.1) is 0 Å². The predicted molar refractivity (Wildman–Crippen MR) is 61.0 cm³/mol. The second-order valence-corrected chi connectivity index (χ2v) is 4.56. The average molecular weight is 273 g/mol. The molecule has 4 N–H and O–H groups in total. The van der Waals surface area contributed by atoms with Crippen molar-refractivity contribution in [1.82, 2.24) is 15.5 Å². The van der Waals surface area contributed by atoms with Gasteiger partial charge in [0.2, 0.25) is 5.91 Å². The number of nitrogens with zero attached hydrogens (tertiary/aromatic N) is 1. The number of rotatable bonds is 3. The Morgan fingerprint density at radius 1 is 1.47 bits per heavy atom. The number of carbonyl (C=O) groups is 4. The molecule has 1 aliphatic rings. The molecule has 0 aromatic heterocycles. The Balaban J connectivity index is 2.71. The lowest BCUT2D eigenvalue weighted by atomic mass is 9.99. The molecule has 0 radical (unpaired) electrons. The number of aliphatic carboxylic acids is 1. The number of imide groups is 1. The van der Waals surface area contributed by atoms with Crippen molar-refractivity contribution in [1.29, 1.82) is 0 Å². The van der Waals surface area contributed by atoms with E-state index >= 15 is 0 Å². The lowest BCUT2D eigenvalue weighted by Crippen LogP contribution is -2.67. The molecule has 1 heterocycles. The number of aliphatic hydroxyl groups is 1. The van der Waals surface area contributed by atoms with E-state index in [1.807, 2.05) is 0 Å². The van der Waals surface area contributed by atoms with Gasteiger partial charge in [0.25, 0.3) is 5.91 Å². The fourth-order valence-corrected chi connectivity index (χ4v) is 1.48. The maximum Gasteiger partial charge on any atom is 0.334 e. The number of nitrogens with one attached hydrogen (secondary N) is 2. The molecule has 1 unspecified atom stereocenters.